The first kappa shape index (κ1) is 12.4. The lowest BCUT2D eigenvalue weighted by molar-refractivity contribution is 0.0952. The number of aromatic nitrogens is 2. The van der Waals surface area contributed by atoms with Gasteiger partial charge in [-0.15, -0.1) is 0 Å². The second-order valence-electron chi connectivity index (χ2n) is 4.43. The number of benzene rings is 1. The van der Waals surface area contributed by atoms with Crippen LogP contribution in [0.5, 0.6) is 0 Å². The highest BCUT2D eigenvalue weighted by Crippen LogP contribution is 2.08. The van der Waals surface area contributed by atoms with Crippen LogP contribution in [0.2, 0.25) is 0 Å². The molecule has 0 unspecified atom stereocenters. The molecule has 0 aliphatic carbocycles. The third kappa shape index (κ3) is 3.20. The van der Waals surface area contributed by atoms with E-state index in [2.05, 4.69) is 16.4 Å². The largest absolute Gasteiger partial charge is 0.350 e. The van der Waals surface area contributed by atoms with Crippen LogP contribution in [-0.2, 0) is 6.54 Å². The molecule has 0 radical (unpaired) electrons. The zero-order chi connectivity index (χ0) is 13.0. The Balaban J connectivity index is 1.91. The summed E-state index contributed by atoms with van der Waals surface area (Å²) in [5.41, 5.74) is 2.93. The monoisotopic (exact) mass is 243 g/mol. The molecule has 1 amide bonds. The van der Waals surface area contributed by atoms with Crippen molar-refractivity contribution in [2.45, 2.75) is 20.4 Å². The van der Waals surface area contributed by atoms with Crippen LogP contribution in [0.1, 0.15) is 21.5 Å². The molecule has 0 spiro atoms. The number of imidazole rings is 1. The van der Waals surface area contributed by atoms with E-state index in [0.717, 1.165) is 23.2 Å². The maximum atomic E-state index is 11.9. The van der Waals surface area contributed by atoms with Crippen molar-refractivity contribution in [3.63, 3.8) is 0 Å². The summed E-state index contributed by atoms with van der Waals surface area (Å²) in [6.07, 6.45) is 5.34. The third-order valence-corrected chi connectivity index (χ3v) is 2.70. The van der Waals surface area contributed by atoms with E-state index in [0.29, 0.717) is 6.54 Å². The number of carbonyl (C=O) groups is 1. The Hall–Kier alpha value is -2.10. The first-order valence-corrected chi connectivity index (χ1v) is 5.97. The molecule has 2 rings (SSSR count). The van der Waals surface area contributed by atoms with Crippen LogP contribution in [0.3, 0.4) is 0 Å². The van der Waals surface area contributed by atoms with Crippen molar-refractivity contribution >= 4 is 5.91 Å². The number of rotatable bonds is 4. The average molecular weight is 243 g/mol. The van der Waals surface area contributed by atoms with Gasteiger partial charge in [0.1, 0.15) is 0 Å². The van der Waals surface area contributed by atoms with Gasteiger partial charge in [-0.25, -0.2) is 4.98 Å². The van der Waals surface area contributed by atoms with Gasteiger partial charge in [-0.05, 0) is 26.0 Å². The summed E-state index contributed by atoms with van der Waals surface area (Å²) in [7, 11) is 0. The summed E-state index contributed by atoms with van der Waals surface area (Å²) in [5.74, 6) is -0.0260. The number of aryl methyl sites for hydroxylation is 2. The number of hydrogen-bond donors (Lipinski definition) is 1. The quantitative estimate of drug-likeness (QED) is 0.892. The number of carbonyl (C=O) groups excluding carboxylic acids is 1. The molecule has 1 N–H and O–H groups in total. The second-order valence-corrected chi connectivity index (χ2v) is 4.43. The van der Waals surface area contributed by atoms with Gasteiger partial charge in [-0.3, -0.25) is 4.79 Å². The van der Waals surface area contributed by atoms with Gasteiger partial charge in [0.2, 0.25) is 0 Å². The van der Waals surface area contributed by atoms with Crippen molar-refractivity contribution in [3.05, 3.63) is 53.6 Å². The minimum Gasteiger partial charge on any atom is -0.350 e. The Labute approximate surface area is 107 Å². The fourth-order valence-corrected chi connectivity index (χ4v) is 1.93. The minimum atomic E-state index is -0.0260. The van der Waals surface area contributed by atoms with Gasteiger partial charge in [-0.2, -0.15) is 0 Å². The van der Waals surface area contributed by atoms with Crippen molar-refractivity contribution in [1.82, 2.24) is 14.9 Å². The number of amides is 1. The van der Waals surface area contributed by atoms with Gasteiger partial charge in [-0.1, -0.05) is 17.2 Å². The molecule has 0 atom stereocenters. The molecule has 0 fully saturated rings. The van der Waals surface area contributed by atoms with Crippen molar-refractivity contribution in [3.8, 4) is 0 Å². The first-order chi connectivity index (χ1) is 8.65. The van der Waals surface area contributed by atoms with E-state index < -0.39 is 0 Å². The number of nitrogens with one attached hydrogen (secondary N) is 1. The van der Waals surface area contributed by atoms with Gasteiger partial charge in [0.25, 0.3) is 5.91 Å². The molecule has 18 heavy (non-hydrogen) atoms. The van der Waals surface area contributed by atoms with Gasteiger partial charge < -0.3 is 9.88 Å². The minimum absolute atomic E-state index is 0.0260. The summed E-state index contributed by atoms with van der Waals surface area (Å²) >= 11 is 0. The predicted octanol–water partition coefficient (Wildman–Crippen LogP) is 1.93. The Morgan fingerprint density at radius 3 is 2.61 bits per heavy atom. The standard InChI is InChI=1S/C14H17N3O/c1-11-7-12(2)9-13(8-11)14(18)16-4-6-17-5-3-15-10-17/h3,5,7-10H,4,6H2,1-2H3,(H,16,18). The highest BCUT2D eigenvalue weighted by Gasteiger charge is 2.05. The summed E-state index contributed by atoms with van der Waals surface area (Å²) in [5, 5.41) is 2.90. The predicted molar refractivity (Wildman–Crippen MR) is 70.5 cm³/mol. The molecule has 0 aliphatic rings. The van der Waals surface area contributed by atoms with Crippen LogP contribution < -0.4 is 5.32 Å². The van der Waals surface area contributed by atoms with Crippen LogP contribution in [0.15, 0.2) is 36.9 Å². The van der Waals surface area contributed by atoms with Gasteiger partial charge in [0.15, 0.2) is 0 Å². The first-order valence-electron chi connectivity index (χ1n) is 5.97. The Kier molecular flexibility index (Phi) is 3.77. The highest BCUT2D eigenvalue weighted by molar-refractivity contribution is 5.94. The number of hydrogen-bond acceptors (Lipinski definition) is 2. The van der Waals surface area contributed by atoms with Gasteiger partial charge in [0, 0.05) is 31.0 Å². The fraction of sp³-hybridized carbons (Fsp3) is 0.286. The Morgan fingerprint density at radius 2 is 2.00 bits per heavy atom. The maximum absolute atomic E-state index is 11.9. The molecular weight excluding hydrogens is 226 g/mol. The summed E-state index contributed by atoms with van der Waals surface area (Å²) in [6.45, 7) is 5.32. The van der Waals surface area contributed by atoms with E-state index in [1.165, 1.54) is 0 Å². The van der Waals surface area contributed by atoms with Crippen molar-refractivity contribution in [1.29, 1.82) is 0 Å². The molecular formula is C14H17N3O. The lowest BCUT2D eigenvalue weighted by atomic mass is 10.1. The molecule has 1 aromatic heterocycles. The fourth-order valence-electron chi connectivity index (χ4n) is 1.93. The molecule has 1 heterocycles. The molecule has 0 saturated carbocycles. The second kappa shape index (κ2) is 5.49. The third-order valence-electron chi connectivity index (χ3n) is 2.70. The molecule has 2 aromatic rings. The van der Waals surface area contributed by atoms with Crippen LogP contribution in [-0.4, -0.2) is 22.0 Å². The zero-order valence-electron chi connectivity index (χ0n) is 10.7. The Morgan fingerprint density at radius 1 is 1.28 bits per heavy atom. The van der Waals surface area contributed by atoms with E-state index >= 15 is 0 Å². The van der Waals surface area contributed by atoms with E-state index in [1.807, 2.05) is 36.7 Å². The lowest BCUT2D eigenvalue weighted by Crippen LogP contribution is -2.27. The van der Waals surface area contributed by atoms with Crippen LogP contribution >= 0.6 is 0 Å². The number of nitrogens with zero attached hydrogens (tertiary/aromatic N) is 2. The topological polar surface area (TPSA) is 46.9 Å². The zero-order valence-corrected chi connectivity index (χ0v) is 10.7. The molecule has 94 valence electrons. The molecule has 4 heteroatoms. The molecule has 1 aromatic carbocycles. The molecule has 0 saturated heterocycles. The van der Waals surface area contributed by atoms with E-state index in [4.69, 9.17) is 0 Å². The highest BCUT2D eigenvalue weighted by atomic mass is 16.1. The van der Waals surface area contributed by atoms with E-state index in [9.17, 15) is 4.79 Å². The lowest BCUT2D eigenvalue weighted by Gasteiger charge is -2.07. The summed E-state index contributed by atoms with van der Waals surface area (Å²) in [4.78, 5) is 15.9. The van der Waals surface area contributed by atoms with E-state index in [1.54, 1.807) is 12.5 Å². The van der Waals surface area contributed by atoms with Crippen LogP contribution in [0, 0.1) is 13.8 Å². The molecule has 0 aliphatic heterocycles. The summed E-state index contributed by atoms with van der Waals surface area (Å²) < 4.78 is 1.93. The Bertz CT molecular complexity index is 512. The van der Waals surface area contributed by atoms with Gasteiger partial charge in [0.05, 0.1) is 6.33 Å². The maximum Gasteiger partial charge on any atom is 0.251 e. The summed E-state index contributed by atoms with van der Waals surface area (Å²) in [6, 6.07) is 5.86. The smallest absolute Gasteiger partial charge is 0.251 e. The average Bonchev–Trinajstić information content (AvgIpc) is 2.80. The van der Waals surface area contributed by atoms with Crippen LogP contribution in [0.25, 0.3) is 0 Å². The molecule has 4 nitrogen and oxygen atoms in total. The molecule has 0 bridgehead atoms. The van der Waals surface area contributed by atoms with Crippen molar-refractivity contribution in [2.24, 2.45) is 0 Å². The van der Waals surface area contributed by atoms with Crippen molar-refractivity contribution < 1.29 is 4.79 Å². The SMILES string of the molecule is Cc1cc(C)cc(C(=O)NCCn2ccnc2)c1. The van der Waals surface area contributed by atoms with Gasteiger partial charge >= 0.3 is 0 Å². The normalized spacial score (nSPS) is 10.3. The van der Waals surface area contributed by atoms with E-state index in [-0.39, 0.29) is 5.91 Å². The van der Waals surface area contributed by atoms with Crippen molar-refractivity contribution in [2.75, 3.05) is 6.54 Å². The van der Waals surface area contributed by atoms with Crippen LogP contribution in [0.4, 0.5) is 0 Å².